The first-order valence-electron chi connectivity index (χ1n) is 19.5. The molecule has 0 unspecified atom stereocenters. The molecule has 12 heteroatoms. The van der Waals surface area contributed by atoms with E-state index in [0.717, 1.165) is 58.9 Å². The van der Waals surface area contributed by atoms with Gasteiger partial charge >= 0.3 is 11.8 Å². The minimum atomic E-state index is -1.53. The van der Waals surface area contributed by atoms with Crippen LogP contribution >= 0.6 is 11.6 Å². The van der Waals surface area contributed by atoms with E-state index in [1.54, 1.807) is 0 Å². The zero-order valence-corrected chi connectivity index (χ0v) is 33.3. The molecule has 57 heavy (non-hydrogen) atoms. The number of imidazole rings is 1. The van der Waals surface area contributed by atoms with Gasteiger partial charge in [-0.1, -0.05) is 121 Å². The molecule has 0 aliphatic carbocycles. The fraction of sp³-hybridized carbons (Fsp3) is 0.333. The fourth-order valence-corrected chi connectivity index (χ4v) is 8.99. The standard InChI is InChI=1S/C38H44N2O.C7H5ClN4O4/c1-39-27-23-35(24-28-39)37(31-15-7-3-8-16-31,32-17-9-4-10-18-32)41-38(33-19-11-5-12-20-33,34-21-13-6-14-22-34)36-25-29-40(2)30-26-36;1-11-4(13)2-3(10-5(8)9-2)12(6(11)14)7(15)16/h3-22,35-36H,23-30H2,1-2H3;1H3,(H,9,10)(H,15,16). The Morgan fingerprint density at radius 1 is 0.667 bits per heavy atom. The van der Waals surface area contributed by atoms with Crippen LogP contribution in [0.25, 0.3) is 11.2 Å². The van der Waals surface area contributed by atoms with Gasteiger partial charge in [0.25, 0.3) is 5.56 Å². The molecule has 0 spiro atoms. The summed E-state index contributed by atoms with van der Waals surface area (Å²) in [6.07, 6.45) is 2.83. The highest BCUT2D eigenvalue weighted by atomic mass is 35.5. The quantitative estimate of drug-likeness (QED) is 0.156. The Bertz CT molecular complexity index is 2200. The van der Waals surface area contributed by atoms with Crippen LogP contribution in [0.1, 0.15) is 47.9 Å². The van der Waals surface area contributed by atoms with E-state index in [9.17, 15) is 14.4 Å². The van der Waals surface area contributed by atoms with Gasteiger partial charge in [-0.25, -0.2) is 9.59 Å². The second-order valence-corrected chi connectivity index (χ2v) is 15.5. The van der Waals surface area contributed by atoms with E-state index in [0.29, 0.717) is 21.0 Å². The molecule has 2 saturated heterocycles. The highest BCUT2D eigenvalue weighted by molar-refractivity contribution is 6.29. The lowest BCUT2D eigenvalue weighted by molar-refractivity contribution is -0.190. The summed E-state index contributed by atoms with van der Waals surface area (Å²) in [4.78, 5) is 44.8. The lowest BCUT2D eigenvalue weighted by Gasteiger charge is -2.54. The van der Waals surface area contributed by atoms with E-state index in [2.05, 4.69) is 155 Å². The molecule has 6 aromatic rings. The molecule has 4 aromatic carbocycles. The van der Waals surface area contributed by atoms with Gasteiger partial charge in [0.2, 0.25) is 5.28 Å². The number of aromatic amines is 1. The normalized spacial score (nSPS) is 16.3. The van der Waals surface area contributed by atoms with Gasteiger partial charge in [0, 0.05) is 7.05 Å². The van der Waals surface area contributed by atoms with Crippen molar-refractivity contribution in [2.24, 2.45) is 18.9 Å². The predicted molar refractivity (Wildman–Crippen MR) is 223 cm³/mol. The summed E-state index contributed by atoms with van der Waals surface area (Å²) in [6, 6.07) is 44.5. The van der Waals surface area contributed by atoms with E-state index < -0.39 is 28.5 Å². The smallest absolute Gasteiger partial charge is 0.421 e. The number of nitrogens with zero attached hydrogens (tertiary/aromatic N) is 5. The third kappa shape index (κ3) is 7.72. The number of hydrogen-bond donors (Lipinski definition) is 2. The number of aromatic nitrogens is 4. The van der Waals surface area contributed by atoms with Crippen LogP contribution in [-0.2, 0) is 23.0 Å². The first kappa shape index (κ1) is 39.9. The number of carbonyl (C=O) groups is 1. The molecule has 0 bridgehead atoms. The lowest BCUT2D eigenvalue weighted by Crippen LogP contribution is -2.54. The lowest BCUT2D eigenvalue weighted by atomic mass is 9.67. The third-order valence-corrected chi connectivity index (χ3v) is 12.0. The van der Waals surface area contributed by atoms with Crippen molar-refractivity contribution in [2.45, 2.75) is 36.9 Å². The minimum Gasteiger partial charge on any atom is -0.464 e. The maximum Gasteiger partial charge on any atom is 0.421 e. The van der Waals surface area contributed by atoms with E-state index >= 15 is 0 Å². The molecule has 2 N–H and O–H groups in total. The van der Waals surface area contributed by atoms with Gasteiger partial charge in [0.05, 0.1) is 0 Å². The van der Waals surface area contributed by atoms with Crippen LogP contribution in [0.2, 0.25) is 5.28 Å². The van der Waals surface area contributed by atoms with Gasteiger partial charge in [-0.2, -0.15) is 9.55 Å². The van der Waals surface area contributed by atoms with Gasteiger partial charge in [0.1, 0.15) is 11.2 Å². The molecule has 0 saturated carbocycles. The average molecular weight is 789 g/mol. The number of fused-ring (bicyclic) bond motifs is 1. The molecule has 8 rings (SSSR count). The van der Waals surface area contributed by atoms with Crippen LogP contribution < -0.4 is 11.2 Å². The molecular weight excluding hydrogens is 740 g/mol. The zero-order chi connectivity index (χ0) is 40.2. The Hall–Kier alpha value is -5.33. The largest absolute Gasteiger partial charge is 0.464 e. The number of carboxylic acid groups (broad SMARTS) is 1. The number of piperidine rings is 2. The van der Waals surface area contributed by atoms with Crippen molar-refractivity contribution in [3.8, 4) is 0 Å². The summed E-state index contributed by atoms with van der Waals surface area (Å²) in [6.45, 7) is 4.31. The van der Waals surface area contributed by atoms with Crippen molar-refractivity contribution in [1.29, 1.82) is 0 Å². The molecule has 4 heterocycles. The summed E-state index contributed by atoms with van der Waals surface area (Å²) in [5.41, 5.74) is 1.69. The summed E-state index contributed by atoms with van der Waals surface area (Å²) >= 11 is 5.51. The first-order chi connectivity index (χ1) is 27.6. The van der Waals surface area contributed by atoms with Gasteiger partial charge in [-0.15, -0.1) is 0 Å². The topological polar surface area (TPSA) is 126 Å². The zero-order valence-electron chi connectivity index (χ0n) is 32.6. The maximum atomic E-state index is 11.6. The van der Waals surface area contributed by atoms with Crippen molar-refractivity contribution in [1.82, 2.24) is 28.9 Å². The molecule has 0 atom stereocenters. The van der Waals surface area contributed by atoms with Crippen LogP contribution in [0.4, 0.5) is 4.79 Å². The van der Waals surface area contributed by atoms with E-state index in [1.165, 1.54) is 22.3 Å². The molecule has 2 aliphatic heterocycles. The first-order valence-corrected chi connectivity index (χ1v) is 19.8. The highest BCUT2D eigenvalue weighted by Gasteiger charge is 2.54. The number of benzene rings is 4. The van der Waals surface area contributed by atoms with Crippen molar-refractivity contribution in [3.63, 3.8) is 0 Å². The molecule has 2 fully saturated rings. The summed E-state index contributed by atoms with van der Waals surface area (Å²) in [7, 11) is 5.67. The number of nitrogens with one attached hydrogen (secondary N) is 1. The van der Waals surface area contributed by atoms with Crippen LogP contribution in [0.15, 0.2) is 131 Å². The van der Waals surface area contributed by atoms with Crippen LogP contribution in [0, 0.1) is 11.8 Å². The van der Waals surface area contributed by atoms with Gasteiger partial charge in [-0.05, 0) is 112 Å². The Labute approximate surface area is 337 Å². The number of halogens is 1. The summed E-state index contributed by atoms with van der Waals surface area (Å²) in [5.74, 6) is 0.670. The van der Waals surface area contributed by atoms with Crippen LogP contribution in [0.3, 0.4) is 0 Å². The van der Waals surface area contributed by atoms with Gasteiger partial charge in [-0.3, -0.25) is 9.36 Å². The molecule has 0 amide bonds. The van der Waals surface area contributed by atoms with Gasteiger partial charge in [0.15, 0.2) is 11.2 Å². The molecular formula is C45H49ClN6O5. The maximum absolute atomic E-state index is 11.6. The second-order valence-electron chi connectivity index (χ2n) is 15.2. The Kier molecular flexibility index (Phi) is 11.9. The second kappa shape index (κ2) is 17.0. The van der Waals surface area contributed by atoms with E-state index in [-0.39, 0.29) is 16.4 Å². The SMILES string of the molecule is CN1CCC(C(OC(c2ccccc2)(c2ccccc2)C2CCN(C)CC2)(c2ccccc2)c2ccccc2)CC1.Cn1c(=O)c2[nH]c(Cl)nc2n(C(=O)O)c1=O. The summed E-state index contributed by atoms with van der Waals surface area (Å²) in [5, 5.41) is 8.68. The van der Waals surface area contributed by atoms with Crippen molar-refractivity contribution < 1.29 is 14.6 Å². The highest BCUT2D eigenvalue weighted by Crippen LogP contribution is 2.55. The number of likely N-dealkylation sites (tertiary alicyclic amines) is 2. The van der Waals surface area contributed by atoms with E-state index in [4.69, 9.17) is 21.4 Å². The molecule has 2 aromatic heterocycles. The minimum absolute atomic E-state index is 0.130. The molecule has 11 nitrogen and oxygen atoms in total. The Morgan fingerprint density at radius 3 is 1.35 bits per heavy atom. The monoisotopic (exact) mass is 788 g/mol. The van der Waals surface area contributed by atoms with Crippen molar-refractivity contribution >= 4 is 28.9 Å². The van der Waals surface area contributed by atoms with Crippen LogP contribution in [0.5, 0.6) is 0 Å². The number of hydrogen-bond acceptors (Lipinski definition) is 7. The number of ether oxygens (including phenoxy) is 1. The number of H-pyrrole nitrogens is 1. The van der Waals surface area contributed by atoms with Gasteiger partial charge < -0.3 is 24.6 Å². The Balaban J connectivity index is 0.000000259. The fourth-order valence-electron chi connectivity index (χ4n) is 8.82. The molecule has 2 aliphatic rings. The Morgan fingerprint density at radius 2 is 1.02 bits per heavy atom. The van der Waals surface area contributed by atoms with Crippen molar-refractivity contribution in [2.75, 3.05) is 40.3 Å². The number of rotatable bonds is 8. The van der Waals surface area contributed by atoms with Crippen molar-refractivity contribution in [3.05, 3.63) is 170 Å². The van der Waals surface area contributed by atoms with Crippen LogP contribution in [-0.4, -0.2) is 80.4 Å². The predicted octanol–water partition coefficient (Wildman–Crippen LogP) is 7.18. The third-order valence-electron chi connectivity index (χ3n) is 11.8. The molecule has 0 radical (unpaired) electrons. The summed E-state index contributed by atoms with van der Waals surface area (Å²) < 4.78 is 9.29. The molecule has 296 valence electrons. The average Bonchev–Trinajstić information content (AvgIpc) is 3.63. The van der Waals surface area contributed by atoms with E-state index in [1.807, 2.05) is 0 Å².